The second-order valence-electron chi connectivity index (χ2n) is 25.0. The Morgan fingerprint density at radius 3 is 1.42 bits per heavy atom. The molecule has 0 aliphatic carbocycles. The number of halogens is 9. The summed E-state index contributed by atoms with van der Waals surface area (Å²) < 4.78 is 64.4. The Morgan fingerprint density at radius 1 is 0.547 bits per heavy atom. The van der Waals surface area contributed by atoms with Gasteiger partial charge in [-0.3, -0.25) is 23.2 Å². The molecule has 0 aliphatic heterocycles. The maximum Gasteiger partial charge on any atom is 0.433 e. The van der Waals surface area contributed by atoms with Gasteiger partial charge in [0.15, 0.2) is 16.8 Å². The third-order valence-electron chi connectivity index (χ3n) is 18.2. The van der Waals surface area contributed by atoms with Crippen molar-refractivity contribution in [1.82, 2.24) is 58.0 Å². The predicted molar refractivity (Wildman–Crippen MR) is 421 cm³/mol. The van der Waals surface area contributed by atoms with Crippen molar-refractivity contribution in [3.8, 4) is 67.6 Å². The topological polar surface area (TPSA) is 246 Å². The molecule has 0 saturated heterocycles. The summed E-state index contributed by atoms with van der Waals surface area (Å²) in [6.45, 7) is 22.9. The number of pyridine rings is 2. The molecular weight excluding hydrogens is 1530 g/mol. The summed E-state index contributed by atoms with van der Waals surface area (Å²) in [7, 11) is 3.88. The number of nitrogens with zero attached hydrogens (tertiary/aromatic N) is 12. The lowest BCUT2D eigenvalue weighted by Gasteiger charge is -2.22. The van der Waals surface area contributed by atoms with Crippen LogP contribution in [-0.2, 0) is 6.18 Å². The molecule has 13 aromatic rings. The summed E-state index contributed by atoms with van der Waals surface area (Å²) in [5.74, 6) is 4.41. The van der Waals surface area contributed by atoms with E-state index in [9.17, 15) is 18.3 Å². The van der Waals surface area contributed by atoms with E-state index in [1.807, 2.05) is 148 Å². The average molecular weight is 1600 g/mol. The molecule has 3 atom stereocenters. The average Bonchev–Trinajstić information content (AvgIpc) is 1.39. The van der Waals surface area contributed by atoms with E-state index in [2.05, 4.69) is 59.3 Å². The second-order valence-corrected chi connectivity index (χ2v) is 27.8. The van der Waals surface area contributed by atoms with Gasteiger partial charge >= 0.3 is 6.18 Å². The van der Waals surface area contributed by atoms with Gasteiger partial charge in [-0.1, -0.05) is 122 Å². The first kappa shape index (κ1) is 77.2. The number of benzene rings is 5. The zero-order valence-electron chi connectivity index (χ0n) is 59.5. The lowest BCUT2D eigenvalue weighted by Crippen LogP contribution is -2.10. The van der Waals surface area contributed by atoms with Crippen molar-refractivity contribution >= 4 is 114 Å². The van der Waals surface area contributed by atoms with E-state index in [1.54, 1.807) is 62.2 Å². The standard InChI is InChI=1S/C29H25ClF3N5O2.C26H28Cl2N6O.C23H21BrCl2N4O/c1-4-40-26-20(13-21(30)16(3)23(26)18-8-9-22(36-14-18)29(31,32)33)15(2)28-37-24(17-6-5-7-19(39)12-17)25-27(34)35-10-11-38(25)28;1-7-35-23-18(14(2)26-32-24(28)22-25(29)30-10-11-34(22)26)12-19(27)15(3)21(23)17-8-9-20(31-13-17)16(4)33(5)6;1-4-31-20-16(11-17(26)13(3)18(20)14-5-7-15(25)8-6-14)12(2)23-29-21(24)19-22(27)28-9-10-30(19)23/h5-15,39H,4H2,1-3H3,(H2,34,35);8-14H,4,7H2,1-3,5-6H3,(H2,29,30);5-12H,4H2,1-3H3,(H2,27,28)/t;14-;/m.0./s1. The number of phenolic OH excluding ortho intramolecular Hbond substituents is 1. The van der Waals surface area contributed by atoms with E-state index in [-0.39, 0.29) is 23.4 Å². The van der Waals surface area contributed by atoms with E-state index in [0.717, 1.165) is 84.8 Å². The van der Waals surface area contributed by atoms with Crippen molar-refractivity contribution in [2.45, 2.75) is 86.2 Å². The van der Waals surface area contributed by atoms with Crippen LogP contribution in [0.15, 0.2) is 152 Å². The van der Waals surface area contributed by atoms with Crippen molar-refractivity contribution in [2.24, 2.45) is 0 Å². The smallest absolute Gasteiger partial charge is 0.433 e. The lowest BCUT2D eigenvalue weighted by atomic mass is 9.90. The fraction of sp³-hybridized carbons (Fsp3) is 0.231. The Kier molecular flexibility index (Phi) is 23.4. The molecule has 0 bridgehead atoms. The van der Waals surface area contributed by atoms with Gasteiger partial charge in [0.05, 0.1) is 31.2 Å². The number of nitrogens with two attached hydrogens (primary N) is 3. The van der Waals surface area contributed by atoms with Gasteiger partial charge in [-0.15, -0.1) is 0 Å². The van der Waals surface area contributed by atoms with Crippen LogP contribution in [0.5, 0.6) is 23.0 Å². The van der Waals surface area contributed by atoms with Crippen LogP contribution in [0.4, 0.5) is 30.6 Å². The number of hydrogen-bond acceptors (Lipinski definition) is 16. The fourth-order valence-corrected chi connectivity index (χ4v) is 14.4. The number of fused-ring (bicyclic) bond motifs is 3. The molecule has 8 heterocycles. The normalized spacial score (nSPS) is 12.3. The van der Waals surface area contributed by atoms with E-state index >= 15 is 0 Å². The molecule has 548 valence electrons. The number of nitrogen functional groups attached to an aromatic ring is 3. The molecule has 28 heteroatoms. The molecule has 0 fully saturated rings. The summed E-state index contributed by atoms with van der Waals surface area (Å²) >= 11 is 36.2. The van der Waals surface area contributed by atoms with Gasteiger partial charge in [0.2, 0.25) is 0 Å². The summed E-state index contributed by atoms with van der Waals surface area (Å²) in [5.41, 5.74) is 31.9. The molecule has 8 aromatic heterocycles. The summed E-state index contributed by atoms with van der Waals surface area (Å²) in [5, 5.41) is 12.8. The number of aromatic hydroxyl groups is 1. The van der Waals surface area contributed by atoms with Crippen LogP contribution in [0.2, 0.25) is 25.2 Å². The number of anilines is 3. The molecule has 0 radical (unpaired) electrons. The van der Waals surface area contributed by atoms with Crippen LogP contribution in [0.3, 0.4) is 0 Å². The molecule has 13 rings (SSSR count). The van der Waals surface area contributed by atoms with Crippen LogP contribution in [0.1, 0.15) is 122 Å². The summed E-state index contributed by atoms with van der Waals surface area (Å²) in [6.07, 6.45) is 8.70. The third kappa shape index (κ3) is 15.3. The molecule has 7 N–H and O–H groups in total. The van der Waals surface area contributed by atoms with Gasteiger partial charge in [-0.05, 0) is 134 Å². The first-order valence-corrected chi connectivity index (χ1v) is 36.1. The Morgan fingerprint density at radius 2 is 0.972 bits per heavy atom. The number of hydrogen-bond donors (Lipinski definition) is 4. The summed E-state index contributed by atoms with van der Waals surface area (Å²) in [6, 6.07) is 26.3. The third-order valence-corrected chi connectivity index (χ3v) is 20.4. The maximum absolute atomic E-state index is 13.2. The lowest BCUT2D eigenvalue weighted by molar-refractivity contribution is -0.141. The van der Waals surface area contributed by atoms with Gasteiger partial charge in [0.25, 0.3) is 0 Å². The highest BCUT2D eigenvalue weighted by Gasteiger charge is 2.34. The van der Waals surface area contributed by atoms with Crippen molar-refractivity contribution in [1.29, 1.82) is 0 Å². The van der Waals surface area contributed by atoms with Gasteiger partial charge in [-0.25, -0.2) is 29.9 Å². The minimum absolute atomic E-state index is 0.0782. The summed E-state index contributed by atoms with van der Waals surface area (Å²) in [4.78, 5) is 37.0. The van der Waals surface area contributed by atoms with Gasteiger partial charge < -0.3 is 41.4 Å². The van der Waals surface area contributed by atoms with E-state index in [1.165, 1.54) is 12.3 Å². The maximum atomic E-state index is 13.2. The fourth-order valence-electron chi connectivity index (χ4n) is 12.8. The highest BCUT2D eigenvalue weighted by atomic mass is 79.9. The first-order valence-electron chi connectivity index (χ1n) is 33.5. The molecule has 19 nitrogen and oxygen atoms in total. The van der Waals surface area contributed by atoms with Crippen LogP contribution < -0.4 is 31.4 Å². The minimum atomic E-state index is -4.56. The van der Waals surface area contributed by atoms with E-state index in [4.69, 9.17) is 99.4 Å². The molecule has 2 unspecified atom stereocenters. The molecule has 0 saturated carbocycles. The van der Waals surface area contributed by atoms with Gasteiger partial charge in [0, 0.05) is 152 Å². The van der Waals surface area contributed by atoms with Gasteiger partial charge in [-0.2, -0.15) is 13.2 Å². The van der Waals surface area contributed by atoms with Crippen LogP contribution >= 0.6 is 73.9 Å². The van der Waals surface area contributed by atoms with Crippen LogP contribution in [0.25, 0.3) is 66.9 Å². The second kappa shape index (κ2) is 32.1. The Bertz CT molecular complexity index is 5470. The zero-order chi connectivity index (χ0) is 76.5. The van der Waals surface area contributed by atoms with Crippen molar-refractivity contribution in [3.63, 3.8) is 0 Å². The predicted octanol–water partition coefficient (Wildman–Crippen LogP) is 20.3. The number of phenols is 1. The van der Waals surface area contributed by atoms with E-state index < -0.39 is 17.8 Å². The number of imidazole rings is 3. The van der Waals surface area contributed by atoms with Crippen LogP contribution in [-0.4, -0.2) is 97.0 Å². The number of aromatic nitrogens is 11. The van der Waals surface area contributed by atoms with Crippen molar-refractivity contribution in [3.05, 3.63) is 239 Å². The number of alkyl halides is 3. The van der Waals surface area contributed by atoms with E-state index in [0.29, 0.717) is 123 Å². The molecule has 106 heavy (non-hydrogen) atoms. The zero-order valence-corrected chi connectivity index (χ0v) is 64.9. The highest BCUT2D eigenvalue weighted by molar-refractivity contribution is 9.10. The monoisotopic (exact) mass is 1600 g/mol. The number of ether oxygens (including phenoxy) is 3. The van der Waals surface area contributed by atoms with Gasteiger partial charge in [0.1, 0.15) is 78.8 Å². The Balaban J connectivity index is 0.000000160. The molecular formula is C78H74BrCl5F3N15O4. The van der Waals surface area contributed by atoms with Crippen molar-refractivity contribution < 1.29 is 32.5 Å². The molecule has 0 aliphatic rings. The van der Waals surface area contributed by atoms with Crippen LogP contribution in [0, 0.1) is 20.8 Å². The minimum Gasteiger partial charge on any atom is -0.508 e. The van der Waals surface area contributed by atoms with Crippen molar-refractivity contribution in [2.75, 3.05) is 51.1 Å². The Labute approximate surface area is 643 Å². The first-order chi connectivity index (χ1) is 50.5. The molecule has 5 aromatic carbocycles. The Hall–Kier alpha value is -9.88. The molecule has 0 amide bonds. The quantitative estimate of drug-likeness (QED) is 0.0624. The molecule has 0 spiro atoms. The SMILES string of the molecule is C=C(c1ccc(-c2c(C)c(Cl)cc([C@H](C)c3nc(Cl)c4c(N)nccn34)c2OCC)cn1)N(C)C.CCOc1c(C(C)c2nc(-c3cccc(O)c3)c3c(N)nccn23)cc(Cl)c(C)c1-c1ccc(C(F)(F)F)nc1.CCOc1c(C(C)c2nc(Br)c3c(N)nccn23)cc(Cl)c(C)c1-c1ccc(Cl)cc1. The number of rotatable bonds is 18. The highest BCUT2D eigenvalue weighted by Crippen LogP contribution is 2.49. The largest absolute Gasteiger partial charge is 0.508 e.